The van der Waals surface area contributed by atoms with E-state index in [4.69, 9.17) is 5.73 Å². The smallest absolute Gasteiger partial charge is 0.253 e. The number of carbonyl (C=O) groups is 1. The Morgan fingerprint density at radius 2 is 1.82 bits per heavy atom. The lowest BCUT2D eigenvalue weighted by molar-refractivity contribution is 0.0762. The van der Waals surface area contributed by atoms with E-state index < -0.39 is 10.0 Å². The van der Waals surface area contributed by atoms with Crippen molar-refractivity contribution < 1.29 is 13.2 Å². The fourth-order valence-corrected chi connectivity index (χ4v) is 3.65. The van der Waals surface area contributed by atoms with Gasteiger partial charge in [-0.25, -0.2) is 13.1 Å². The lowest BCUT2D eigenvalue weighted by atomic mass is 10.1. The molecule has 1 amide bonds. The minimum absolute atomic E-state index is 0. The molecule has 3 N–H and O–H groups in total. The van der Waals surface area contributed by atoms with Crippen molar-refractivity contribution in [2.24, 2.45) is 5.73 Å². The second-order valence-corrected chi connectivity index (χ2v) is 7.75. The largest absolute Gasteiger partial charge is 0.337 e. The van der Waals surface area contributed by atoms with Crippen LogP contribution in [-0.2, 0) is 16.4 Å². The zero-order valence-electron chi connectivity index (χ0n) is 15.6. The molecule has 0 saturated carbocycles. The van der Waals surface area contributed by atoms with Crippen LogP contribution in [0.3, 0.4) is 0 Å². The van der Waals surface area contributed by atoms with Gasteiger partial charge in [0.25, 0.3) is 5.91 Å². The summed E-state index contributed by atoms with van der Waals surface area (Å²) in [5.41, 5.74) is 7.10. The van der Waals surface area contributed by atoms with Crippen molar-refractivity contribution in [1.82, 2.24) is 9.62 Å². The fraction of sp³-hybridized carbons (Fsp3) is 0.250. The van der Waals surface area contributed by atoms with E-state index in [-0.39, 0.29) is 29.8 Å². The van der Waals surface area contributed by atoms with Crippen molar-refractivity contribution in [3.63, 3.8) is 0 Å². The summed E-state index contributed by atoms with van der Waals surface area (Å²) >= 11 is 0. The number of halogens is 1. The molecule has 0 fully saturated rings. The summed E-state index contributed by atoms with van der Waals surface area (Å²) in [4.78, 5) is 14.6. The molecule has 0 heterocycles. The molecule has 2 aromatic rings. The fourth-order valence-electron chi connectivity index (χ4n) is 2.61. The SMILES string of the molecule is C=CCNS(=O)(=O)c1cccc(C(=O)N(CCN)CCc2ccccc2)c1.Cl. The van der Waals surface area contributed by atoms with E-state index in [9.17, 15) is 13.2 Å². The first-order valence-corrected chi connectivity index (χ1v) is 10.2. The van der Waals surface area contributed by atoms with Gasteiger partial charge in [0.2, 0.25) is 10.0 Å². The molecule has 0 aliphatic heterocycles. The first kappa shape index (κ1) is 23.8. The minimum atomic E-state index is -3.69. The van der Waals surface area contributed by atoms with E-state index >= 15 is 0 Å². The number of hydrogen-bond acceptors (Lipinski definition) is 4. The normalized spacial score (nSPS) is 10.8. The average molecular weight is 424 g/mol. The molecule has 8 heteroatoms. The Labute approximate surface area is 172 Å². The van der Waals surface area contributed by atoms with Crippen LogP contribution in [0.2, 0.25) is 0 Å². The Morgan fingerprint density at radius 3 is 2.46 bits per heavy atom. The van der Waals surface area contributed by atoms with Gasteiger partial charge in [-0.3, -0.25) is 4.79 Å². The Bertz CT molecular complexity index is 873. The predicted molar refractivity (Wildman–Crippen MR) is 114 cm³/mol. The molecular weight excluding hydrogens is 398 g/mol. The summed E-state index contributed by atoms with van der Waals surface area (Å²) in [6, 6.07) is 15.9. The Morgan fingerprint density at radius 1 is 1.11 bits per heavy atom. The molecule has 0 aromatic heterocycles. The van der Waals surface area contributed by atoms with Crippen LogP contribution in [-0.4, -0.2) is 45.4 Å². The van der Waals surface area contributed by atoms with E-state index in [1.165, 1.54) is 18.2 Å². The number of nitrogens with zero attached hydrogens (tertiary/aromatic N) is 1. The zero-order valence-corrected chi connectivity index (χ0v) is 17.2. The van der Waals surface area contributed by atoms with Gasteiger partial charge in [-0.1, -0.05) is 42.5 Å². The van der Waals surface area contributed by atoms with Crippen LogP contribution in [0.25, 0.3) is 0 Å². The van der Waals surface area contributed by atoms with E-state index in [0.717, 1.165) is 5.56 Å². The third-order valence-corrected chi connectivity index (χ3v) is 5.43. The van der Waals surface area contributed by atoms with Crippen molar-refractivity contribution in [1.29, 1.82) is 0 Å². The van der Waals surface area contributed by atoms with Crippen molar-refractivity contribution >= 4 is 28.3 Å². The van der Waals surface area contributed by atoms with Crippen LogP contribution < -0.4 is 10.5 Å². The van der Waals surface area contributed by atoms with Gasteiger partial charge in [0.05, 0.1) is 4.90 Å². The van der Waals surface area contributed by atoms with E-state index in [1.807, 2.05) is 30.3 Å². The highest BCUT2D eigenvalue weighted by atomic mass is 35.5. The maximum atomic E-state index is 12.9. The number of hydrogen-bond donors (Lipinski definition) is 2. The Kier molecular flexibility index (Phi) is 9.89. The number of benzene rings is 2. The maximum Gasteiger partial charge on any atom is 0.253 e. The van der Waals surface area contributed by atoms with Gasteiger partial charge in [0.1, 0.15) is 0 Å². The number of sulfonamides is 1. The van der Waals surface area contributed by atoms with Crippen LogP contribution in [0.1, 0.15) is 15.9 Å². The summed E-state index contributed by atoms with van der Waals surface area (Å²) in [6.07, 6.45) is 2.16. The summed E-state index contributed by atoms with van der Waals surface area (Å²) < 4.78 is 26.9. The van der Waals surface area contributed by atoms with Crippen LogP contribution in [0.15, 0.2) is 72.1 Å². The molecule has 0 saturated heterocycles. The molecule has 0 bridgehead atoms. The molecule has 0 aliphatic rings. The Hall–Kier alpha value is -2.19. The van der Waals surface area contributed by atoms with Gasteiger partial charge in [-0.2, -0.15) is 0 Å². The highest BCUT2D eigenvalue weighted by molar-refractivity contribution is 7.89. The molecule has 6 nitrogen and oxygen atoms in total. The third kappa shape index (κ3) is 6.76. The summed E-state index contributed by atoms with van der Waals surface area (Å²) in [7, 11) is -3.69. The number of carbonyl (C=O) groups excluding carboxylic acids is 1. The standard InChI is InChI=1S/C20H25N3O3S.ClH/c1-2-13-22-27(25,26)19-10-6-9-18(16-19)20(24)23(15-12-21)14-11-17-7-4-3-5-8-17;/h2-10,16,22H,1,11-15,21H2;1H. The number of nitrogens with two attached hydrogens (primary N) is 1. The van der Waals surface area contributed by atoms with Crippen LogP contribution in [0.4, 0.5) is 0 Å². The molecule has 2 rings (SSSR count). The molecule has 0 atom stereocenters. The highest BCUT2D eigenvalue weighted by Gasteiger charge is 2.19. The number of rotatable bonds is 10. The van der Waals surface area contributed by atoms with Crippen LogP contribution >= 0.6 is 12.4 Å². The number of amides is 1. The third-order valence-electron chi connectivity index (χ3n) is 4.01. The van der Waals surface area contributed by atoms with Gasteiger partial charge >= 0.3 is 0 Å². The monoisotopic (exact) mass is 423 g/mol. The molecule has 2 aromatic carbocycles. The van der Waals surface area contributed by atoms with E-state index in [1.54, 1.807) is 17.0 Å². The first-order chi connectivity index (χ1) is 13.0. The zero-order chi connectivity index (χ0) is 19.7. The van der Waals surface area contributed by atoms with Gasteiger partial charge in [-0.05, 0) is 30.2 Å². The van der Waals surface area contributed by atoms with Crippen molar-refractivity contribution in [3.05, 3.63) is 78.4 Å². The first-order valence-electron chi connectivity index (χ1n) is 8.72. The average Bonchev–Trinajstić information content (AvgIpc) is 2.70. The number of nitrogens with one attached hydrogen (secondary N) is 1. The molecule has 152 valence electrons. The van der Waals surface area contributed by atoms with Crippen LogP contribution in [0, 0.1) is 0 Å². The predicted octanol–water partition coefficient (Wildman–Crippen LogP) is 2.22. The van der Waals surface area contributed by atoms with Gasteiger partial charge in [0, 0.05) is 31.7 Å². The van der Waals surface area contributed by atoms with E-state index in [0.29, 0.717) is 31.6 Å². The van der Waals surface area contributed by atoms with Gasteiger partial charge in [0.15, 0.2) is 0 Å². The van der Waals surface area contributed by atoms with Gasteiger partial charge in [-0.15, -0.1) is 19.0 Å². The van der Waals surface area contributed by atoms with Crippen molar-refractivity contribution in [2.75, 3.05) is 26.2 Å². The highest BCUT2D eigenvalue weighted by Crippen LogP contribution is 2.14. The molecule has 28 heavy (non-hydrogen) atoms. The second-order valence-electron chi connectivity index (χ2n) is 5.98. The lowest BCUT2D eigenvalue weighted by Gasteiger charge is -2.22. The topological polar surface area (TPSA) is 92.5 Å². The summed E-state index contributed by atoms with van der Waals surface area (Å²) in [5, 5.41) is 0. The minimum Gasteiger partial charge on any atom is -0.337 e. The summed E-state index contributed by atoms with van der Waals surface area (Å²) in [5.74, 6) is -0.239. The lowest BCUT2D eigenvalue weighted by Crippen LogP contribution is -2.37. The molecule has 0 radical (unpaired) electrons. The molecular formula is C20H26ClN3O3S. The molecule has 0 spiro atoms. The van der Waals surface area contributed by atoms with Gasteiger partial charge < -0.3 is 10.6 Å². The Balaban J connectivity index is 0.00000392. The quantitative estimate of drug-likeness (QED) is 0.573. The van der Waals surface area contributed by atoms with Crippen LogP contribution in [0.5, 0.6) is 0 Å². The maximum absolute atomic E-state index is 12.9. The second kappa shape index (κ2) is 11.6. The molecule has 0 unspecified atom stereocenters. The van der Waals surface area contributed by atoms with Crippen molar-refractivity contribution in [3.8, 4) is 0 Å². The van der Waals surface area contributed by atoms with Crippen molar-refractivity contribution in [2.45, 2.75) is 11.3 Å². The summed E-state index contributed by atoms with van der Waals surface area (Å²) in [6.45, 7) is 4.85. The van der Waals surface area contributed by atoms with E-state index in [2.05, 4.69) is 11.3 Å². The molecule has 0 aliphatic carbocycles.